The molecule has 2 amide bonds. The van der Waals surface area contributed by atoms with Crippen LogP contribution in [-0.2, 0) is 13.1 Å². The van der Waals surface area contributed by atoms with Crippen LogP contribution < -0.4 is 10.6 Å². The minimum absolute atomic E-state index is 0.220. The van der Waals surface area contributed by atoms with Crippen molar-refractivity contribution in [2.75, 3.05) is 5.32 Å². The van der Waals surface area contributed by atoms with E-state index in [9.17, 15) is 4.79 Å². The number of anilines is 1. The van der Waals surface area contributed by atoms with Gasteiger partial charge in [-0.2, -0.15) is 0 Å². The Balaban J connectivity index is 1.71. The predicted molar refractivity (Wildman–Crippen MR) is 87.7 cm³/mol. The first-order valence-electron chi connectivity index (χ1n) is 7.29. The molecule has 2 N–H and O–H groups in total. The number of carbonyl (C=O) groups excluding carboxylic acids is 1. The first kappa shape index (κ1) is 14.1. The Morgan fingerprint density at radius 2 is 2.09 bits per heavy atom. The maximum Gasteiger partial charge on any atom is 0.319 e. The molecule has 0 unspecified atom stereocenters. The molecule has 2 heterocycles. The summed E-state index contributed by atoms with van der Waals surface area (Å²) in [5, 5.41) is 6.80. The summed E-state index contributed by atoms with van der Waals surface area (Å²) in [5.74, 6) is 0. The van der Waals surface area contributed by atoms with E-state index in [2.05, 4.69) is 33.2 Å². The summed E-state index contributed by atoms with van der Waals surface area (Å²) in [7, 11) is 0. The average molecular weight is 294 g/mol. The molecule has 3 rings (SSSR count). The second kappa shape index (κ2) is 6.30. The van der Waals surface area contributed by atoms with Gasteiger partial charge in [0, 0.05) is 37.1 Å². The smallest absolute Gasteiger partial charge is 0.319 e. The fourth-order valence-electron chi connectivity index (χ4n) is 2.46. The van der Waals surface area contributed by atoms with Crippen LogP contribution in [0.2, 0.25) is 0 Å². The molecule has 22 heavy (non-hydrogen) atoms. The van der Waals surface area contributed by atoms with Crippen molar-refractivity contribution in [1.29, 1.82) is 0 Å². The SMILES string of the molecule is CCn1cc(NC(=O)NCc2cccnc2)c2ccccc21. The van der Waals surface area contributed by atoms with Crippen LogP contribution in [0, 0.1) is 0 Å². The zero-order chi connectivity index (χ0) is 15.4. The molecule has 112 valence electrons. The monoisotopic (exact) mass is 294 g/mol. The van der Waals surface area contributed by atoms with Crippen molar-refractivity contribution < 1.29 is 4.79 Å². The normalized spacial score (nSPS) is 10.6. The number of carbonyl (C=O) groups is 1. The Hall–Kier alpha value is -2.82. The van der Waals surface area contributed by atoms with Gasteiger partial charge in [0.05, 0.1) is 11.2 Å². The van der Waals surface area contributed by atoms with Crippen LogP contribution in [0.4, 0.5) is 10.5 Å². The van der Waals surface area contributed by atoms with E-state index in [1.54, 1.807) is 12.4 Å². The number of benzene rings is 1. The molecular formula is C17H18N4O. The fraction of sp³-hybridized carbons (Fsp3) is 0.176. The van der Waals surface area contributed by atoms with E-state index in [1.807, 2.05) is 36.5 Å². The Labute approximate surface area is 129 Å². The van der Waals surface area contributed by atoms with Gasteiger partial charge >= 0.3 is 6.03 Å². The van der Waals surface area contributed by atoms with Gasteiger partial charge in [-0.15, -0.1) is 0 Å². The Bertz CT molecular complexity index is 780. The van der Waals surface area contributed by atoms with Gasteiger partial charge in [-0.25, -0.2) is 4.79 Å². The summed E-state index contributed by atoms with van der Waals surface area (Å²) in [6, 6.07) is 11.6. The van der Waals surface area contributed by atoms with Crippen molar-refractivity contribution in [3.8, 4) is 0 Å². The average Bonchev–Trinajstić information content (AvgIpc) is 2.92. The van der Waals surface area contributed by atoms with Crippen molar-refractivity contribution >= 4 is 22.6 Å². The number of nitrogens with one attached hydrogen (secondary N) is 2. The maximum atomic E-state index is 12.1. The third-order valence-corrected chi connectivity index (χ3v) is 3.55. The standard InChI is InChI=1S/C17H18N4O/c1-2-21-12-15(14-7-3-4-8-16(14)21)20-17(22)19-11-13-6-5-9-18-10-13/h3-10,12H,2,11H2,1H3,(H2,19,20,22). The Morgan fingerprint density at radius 3 is 2.86 bits per heavy atom. The van der Waals surface area contributed by atoms with Crippen LogP contribution in [0.1, 0.15) is 12.5 Å². The van der Waals surface area contributed by atoms with Gasteiger partial charge in [0.2, 0.25) is 0 Å². The van der Waals surface area contributed by atoms with Gasteiger partial charge in [-0.3, -0.25) is 4.98 Å². The van der Waals surface area contributed by atoms with E-state index in [0.29, 0.717) is 6.54 Å². The van der Waals surface area contributed by atoms with Crippen molar-refractivity contribution in [3.05, 3.63) is 60.6 Å². The van der Waals surface area contributed by atoms with Crippen molar-refractivity contribution in [2.24, 2.45) is 0 Å². The van der Waals surface area contributed by atoms with Crippen LogP contribution >= 0.6 is 0 Å². The molecule has 0 bridgehead atoms. The molecule has 0 atom stereocenters. The first-order valence-corrected chi connectivity index (χ1v) is 7.29. The molecule has 0 spiro atoms. The van der Waals surface area contributed by atoms with Gasteiger partial charge in [-0.1, -0.05) is 24.3 Å². The van der Waals surface area contributed by atoms with E-state index < -0.39 is 0 Å². The number of urea groups is 1. The number of para-hydroxylation sites is 1. The number of hydrogen-bond donors (Lipinski definition) is 2. The zero-order valence-corrected chi connectivity index (χ0v) is 12.4. The number of fused-ring (bicyclic) bond motifs is 1. The molecule has 0 saturated carbocycles. The predicted octanol–water partition coefficient (Wildman–Crippen LogP) is 3.38. The minimum Gasteiger partial charge on any atom is -0.346 e. The van der Waals surface area contributed by atoms with Crippen molar-refractivity contribution in [3.63, 3.8) is 0 Å². The number of aryl methyl sites for hydroxylation is 1. The van der Waals surface area contributed by atoms with E-state index in [1.165, 1.54) is 0 Å². The second-order valence-electron chi connectivity index (χ2n) is 5.01. The summed E-state index contributed by atoms with van der Waals surface area (Å²) in [6.45, 7) is 3.39. The minimum atomic E-state index is -0.220. The van der Waals surface area contributed by atoms with E-state index >= 15 is 0 Å². The van der Waals surface area contributed by atoms with Crippen molar-refractivity contribution in [1.82, 2.24) is 14.9 Å². The highest BCUT2D eigenvalue weighted by Crippen LogP contribution is 2.25. The summed E-state index contributed by atoms with van der Waals surface area (Å²) in [6.07, 6.45) is 5.42. The fourth-order valence-corrected chi connectivity index (χ4v) is 2.46. The van der Waals surface area contributed by atoms with Crippen LogP contribution in [-0.4, -0.2) is 15.6 Å². The van der Waals surface area contributed by atoms with E-state index in [4.69, 9.17) is 0 Å². The third kappa shape index (κ3) is 2.93. The Morgan fingerprint density at radius 1 is 1.23 bits per heavy atom. The third-order valence-electron chi connectivity index (χ3n) is 3.55. The second-order valence-corrected chi connectivity index (χ2v) is 5.01. The lowest BCUT2D eigenvalue weighted by Gasteiger charge is -2.06. The van der Waals surface area contributed by atoms with Gasteiger partial charge in [0.1, 0.15) is 0 Å². The van der Waals surface area contributed by atoms with E-state index in [-0.39, 0.29) is 6.03 Å². The molecule has 0 aliphatic carbocycles. The summed E-state index contributed by atoms with van der Waals surface area (Å²) >= 11 is 0. The highest BCUT2D eigenvalue weighted by Gasteiger charge is 2.09. The molecular weight excluding hydrogens is 276 g/mol. The lowest BCUT2D eigenvalue weighted by molar-refractivity contribution is 0.252. The lowest BCUT2D eigenvalue weighted by atomic mass is 10.2. The summed E-state index contributed by atoms with van der Waals surface area (Å²) in [5.41, 5.74) is 2.90. The van der Waals surface area contributed by atoms with Gasteiger partial charge in [0.25, 0.3) is 0 Å². The van der Waals surface area contributed by atoms with Crippen LogP contribution in [0.15, 0.2) is 55.0 Å². The van der Waals surface area contributed by atoms with Gasteiger partial charge < -0.3 is 15.2 Å². The number of amides is 2. The first-order chi connectivity index (χ1) is 10.8. The van der Waals surface area contributed by atoms with Crippen molar-refractivity contribution in [2.45, 2.75) is 20.0 Å². The summed E-state index contributed by atoms with van der Waals surface area (Å²) < 4.78 is 2.12. The topological polar surface area (TPSA) is 59.0 Å². The lowest BCUT2D eigenvalue weighted by Crippen LogP contribution is -2.28. The number of pyridine rings is 1. The molecule has 1 aromatic carbocycles. The van der Waals surface area contributed by atoms with Crippen LogP contribution in [0.5, 0.6) is 0 Å². The molecule has 0 aliphatic rings. The molecule has 5 nitrogen and oxygen atoms in total. The molecule has 0 fully saturated rings. The van der Waals surface area contributed by atoms with Crippen LogP contribution in [0.25, 0.3) is 10.9 Å². The molecule has 0 radical (unpaired) electrons. The highest BCUT2D eigenvalue weighted by atomic mass is 16.2. The molecule has 5 heteroatoms. The molecule has 3 aromatic rings. The van der Waals surface area contributed by atoms with Gasteiger partial charge in [-0.05, 0) is 24.6 Å². The van der Waals surface area contributed by atoms with Crippen LogP contribution in [0.3, 0.4) is 0 Å². The molecule has 0 aliphatic heterocycles. The van der Waals surface area contributed by atoms with Gasteiger partial charge in [0.15, 0.2) is 0 Å². The maximum absolute atomic E-state index is 12.1. The zero-order valence-electron chi connectivity index (χ0n) is 12.4. The Kier molecular flexibility index (Phi) is 4.05. The summed E-state index contributed by atoms with van der Waals surface area (Å²) in [4.78, 5) is 16.1. The number of hydrogen-bond acceptors (Lipinski definition) is 2. The number of aromatic nitrogens is 2. The number of rotatable bonds is 4. The highest BCUT2D eigenvalue weighted by molar-refractivity contribution is 6.01. The molecule has 2 aromatic heterocycles. The largest absolute Gasteiger partial charge is 0.346 e. The quantitative estimate of drug-likeness (QED) is 0.775. The molecule has 0 saturated heterocycles. The van der Waals surface area contributed by atoms with E-state index in [0.717, 1.165) is 28.7 Å². The number of nitrogens with zero attached hydrogens (tertiary/aromatic N) is 2.